The molecule has 106 valence electrons. The first-order chi connectivity index (χ1) is 9.29. The van der Waals surface area contributed by atoms with Crippen molar-refractivity contribution in [1.29, 1.82) is 0 Å². The maximum absolute atomic E-state index is 12.9. The molecule has 20 heavy (non-hydrogen) atoms. The third-order valence-corrected chi connectivity index (χ3v) is 3.16. The van der Waals surface area contributed by atoms with Crippen LogP contribution in [0, 0.1) is 5.82 Å². The molecule has 3 N–H and O–H groups in total. The number of hydrogen-bond donors (Lipinski definition) is 2. The second kappa shape index (κ2) is 5.17. The van der Waals surface area contributed by atoms with Crippen molar-refractivity contribution in [2.45, 2.75) is 32.2 Å². The van der Waals surface area contributed by atoms with Gasteiger partial charge in [-0.2, -0.15) is 5.10 Å². The van der Waals surface area contributed by atoms with Crippen LogP contribution in [0.25, 0.3) is 0 Å². The third kappa shape index (κ3) is 2.93. The van der Waals surface area contributed by atoms with Crippen LogP contribution in [0.1, 0.15) is 43.6 Å². The zero-order valence-corrected chi connectivity index (χ0v) is 11.8. The van der Waals surface area contributed by atoms with Crippen molar-refractivity contribution in [3.63, 3.8) is 0 Å². The fourth-order valence-electron chi connectivity index (χ4n) is 1.89. The highest BCUT2D eigenvalue weighted by atomic mass is 19.1. The summed E-state index contributed by atoms with van der Waals surface area (Å²) in [4.78, 5) is 11.9. The van der Waals surface area contributed by atoms with Crippen molar-refractivity contribution in [2.24, 2.45) is 5.73 Å². The first kappa shape index (κ1) is 14.4. The molecule has 1 aromatic heterocycles. The molecule has 2 aromatic rings. The van der Waals surface area contributed by atoms with Crippen molar-refractivity contribution >= 4 is 0 Å². The summed E-state index contributed by atoms with van der Waals surface area (Å²) in [6, 6.07) is 6.92. The van der Waals surface area contributed by atoms with Crippen LogP contribution in [0.15, 0.2) is 35.1 Å². The highest BCUT2D eigenvalue weighted by Crippen LogP contribution is 2.22. The van der Waals surface area contributed by atoms with Gasteiger partial charge < -0.3 is 5.73 Å². The monoisotopic (exact) mass is 275 g/mol. The van der Waals surface area contributed by atoms with E-state index in [2.05, 4.69) is 10.2 Å². The molecule has 0 radical (unpaired) electrons. The minimum atomic E-state index is -0.608. The highest BCUT2D eigenvalue weighted by molar-refractivity contribution is 5.31. The zero-order valence-electron chi connectivity index (χ0n) is 11.8. The fourth-order valence-corrected chi connectivity index (χ4v) is 1.89. The number of rotatable bonds is 2. The molecular formula is C15H18FN3O. The van der Waals surface area contributed by atoms with E-state index in [-0.39, 0.29) is 16.8 Å². The Hall–Kier alpha value is -2.01. The topological polar surface area (TPSA) is 71.8 Å². The molecule has 0 saturated carbocycles. The van der Waals surface area contributed by atoms with E-state index in [0.29, 0.717) is 11.1 Å². The van der Waals surface area contributed by atoms with Gasteiger partial charge in [0.1, 0.15) is 5.82 Å². The second-order valence-electron chi connectivity index (χ2n) is 5.82. The van der Waals surface area contributed by atoms with E-state index in [9.17, 15) is 9.18 Å². The molecule has 0 amide bonds. The van der Waals surface area contributed by atoms with E-state index in [1.165, 1.54) is 12.1 Å². The molecule has 1 heterocycles. The third-order valence-electron chi connectivity index (χ3n) is 3.16. The average molecular weight is 275 g/mol. The summed E-state index contributed by atoms with van der Waals surface area (Å²) >= 11 is 0. The first-order valence-electron chi connectivity index (χ1n) is 6.40. The molecule has 1 aromatic carbocycles. The van der Waals surface area contributed by atoms with Gasteiger partial charge >= 0.3 is 0 Å². The van der Waals surface area contributed by atoms with Gasteiger partial charge in [0.2, 0.25) is 0 Å². The first-order valence-corrected chi connectivity index (χ1v) is 6.40. The van der Waals surface area contributed by atoms with E-state index in [0.717, 1.165) is 5.69 Å². The van der Waals surface area contributed by atoms with E-state index in [4.69, 9.17) is 5.73 Å². The van der Waals surface area contributed by atoms with E-state index in [1.54, 1.807) is 18.2 Å². The largest absolute Gasteiger partial charge is 0.320 e. The Morgan fingerprint density at radius 3 is 2.40 bits per heavy atom. The summed E-state index contributed by atoms with van der Waals surface area (Å²) in [6.45, 7) is 6.00. The lowest BCUT2D eigenvalue weighted by Crippen LogP contribution is -2.27. The van der Waals surface area contributed by atoms with Crippen molar-refractivity contribution in [1.82, 2.24) is 10.2 Å². The van der Waals surface area contributed by atoms with Gasteiger partial charge in [-0.25, -0.2) is 9.49 Å². The maximum atomic E-state index is 12.9. The Morgan fingerprint density at radius 2 is 1.85 bits per heavy atom. The highest BCUT2D eigenvalue weighted by Gasteiger charge is 2.20. The number of halogens is 1. The fraction of sp³-hybridized carbons (Fsp3) is 0.333. The molecule has 0 spiro atoms. The summed E-state index contributed by atoms with van der Waals surface area (Å²) in [5, 5.41) is 6.52. The van der Waals surface area contributed by atoms with Gasteiger partial charge in [0.05, 0.1) is 11.7 Å². The summed E-state index contributed by atoms with van der Waals surface area (Å²) in [6.07, 6.45) is 0. The summed E-state index contributed by atoms with van der Waals surface area (Å²) in [5.41, 5.74) is 7.46. The molecule has 0 aliphatic carbocycles. The molecule has 4 nitrogen and oxygen atoms in total. The van der Waals surface area contributed by atoms with Crippen LogP contribution < -0.4 is 11.3 Å². The van der Waals surface area contributed by atoms with Gasteiger partial charge in [0.15, 0.2) is 0 Å². The quantitative estimate of drug-likeness (QED) is 0.883. The predicted octanol–water partition coefficient (Wildman–Crippen LogP) is 2.25. The molecule has 1 atom stereocenters. The molecule has 0 fully saturated rings. The van der Waals surface area contributed by atoms with Crippen LogP contribution in [0.4, 0.5) is 4.39 Å². The molecule has 0 saturated heterocycles. The van der Waals surface area contributed by atoms with Gasteiger partial charge in [0.25, 0.3) is 5.56 Å². The van der Waals surface area contributed by atoms with E-state index in [1.807, 2.05) is 20.8 Å². The molecule has 1 unspecified atom stereocenters. The number of nitrogens with one attached hydrogen (secondary N) is 1. The number of H-pyrrole nitrogens is 1. The van der Waals surface area contributed by atoms with Gasteiger partial charge in [-0.15, -0.1) is 0 Å². The number of aromatic amines is 1. The molecule has 5 heteroatoms. The average Bonchev–Trinajstić information content (AvgIpc) is 2.38. The standard InChI is InChI=1S/C15H18FN3O/c1-15(2,3)12-8-11(14(20)19-18-12)13(17)9-4-6-10(16)7-5-9/h4-8,13H,17H2,1-3H3,(H,19,20). The van der Waals surface area contributed by atoms with Crippen molar-refractivity contribution in [2.75, 3.05) is 0 Å². The molecule has 2 rings (SSSR count). The minimum absolute atomic E-state index is 0.193. The van der Waals surface area contributed by atoms with E-state index < -0.39 is 6.04 Å². The number of aromatic nitrogens is 2. The number of hydrogen-bond acceptors (Lipinski definition) is 3. The number of nitrogens with two attached hydrogens (primary N) is 1. The van der Waals surface area contributed by atoms with Crippen LogP contribution in [0.2, 0.25) is 0 Å². The van der Waals surface area contributed by atoms with Gasteiger partial charge in [-0.05, 0) is 23.8 Å². The Bertz CT molecular complexity index is 656. The lowest BCUT2D eigenvalue weighted by Gasteiger charge is -2.19. The Kier molecular flexibility index (Phi) is 3.72. The summed E-state index contributed by atoms with van der Waals surface area (Å²) in [5.74, 6) is -0.333. The lowest BCUT2D eigenvalue weighted by atomic mass is 9.90. The Balaban J connectivity index is 2.46. The minimum Gasteiger partial charge on any atom is -0.320 e. The SMILES string of the molecule is CC(C)(C)c1cc(C(N)c2ccc(F)cc2)c(=O)[nH]n1. The normalized spacial score (nSPS) is 13.2. The second-order valence-corrected chi connectivity index (χ2v) is 5.82. The predicted molar refractivity (Wildman–Crippen MR) is 76.0 cm³/mol. The zero-order chi connectivity index (χ0) is 14.9. The molecule has 0 aliphatic heterocycles. The van der Waals surface area contributed by atoms with Gasteiger partial charge in [-0.1, -0.05) is 32.9 Å². The number of nitrogens with zero attached hydrogens (tertiary/aromatic N) is 1. The molecule has 0 aliphatic rings. The number of benzene rings is 1. The molecule has 0 bridgehead atoms. The van der Waals surface area contributed by atoms with Crippen molar-refractivity contribution < 1.29 is 4.39 Å². The lowest BCUT2D eigenvalue weighted by molar-refractivity contribution is 0.553. The van der Waals surface area contributed by atoms with Gasteiger partial charge in [-0.3, -0.25) is 4.79 Å². The van der Waals surface area contributed by atoms with Gasteiger partial charge in [0, 0.05) is 11.0 Å². The van der Waals surface area contributed by atoms with Crippen LogP contribution >= 0.6 is 0 Å². The van der Waals surface area contributed by atoms with Crippen molar-refractivity contribution in [3.05, 3.63) is 63.3 Å². The maximum Gasteiger partial charge on any atom is 0.269 e. The van der Waals surface area contributed by atoms with Crippen molar-refractivity contribution in [3.8, 4) is 0 Å². The smallest absolute Gasteiger partial charge is 0.269 e. The summed E-state index contributed by atoms with van der Waals surface area (Å²) < 4.78 is 12.9. The molecular weight excluding hydrogens is 257 g/mol. The van der Waals surface area contributed by atoms with Crippen LogP contribution in [-0.4, -0.2) is 10.2 Å². The Labute approximate surface area is 116 Å². The van der Waals surface area contributed by atoms with Crippen LogP contribution in [0.3, 0.4) is 0 Å². The summed E-state index contributed by atoms with van der Waals surface area (Å²) in [7, 11) is 0. The van der Waals surface area contributed by atoms with Crippen LogP contribution in [0.5, 0.6) is 0 Å². The Morgan fingerprint density at radius 1 is 1.25 bits per heavy atom. The van der Waals surface area contributed by atoms with E-state index >= 15 is 0 Å². The van der Waals surface area contributed by atoms with Crippen LogP contribution in [-0.2, 0) is 5.41 Å².